The molecule has 0 spiro atoms. The van der Waals surface area contributed by atoms with Gasteiger partial charge in [-0.05, 0) is 45.2 Å². The van der Waals surface area contributed by atoms with Crippen LogP contribution < -0.4 is 0 Å². The predicted molar refractivity (Wildman–Crippen MR) is 123 cm³/mol. The van der Waals surface area contributed by atoms with Gasteiger partial charge in [0.05, 0.1) is 11.6 Å². The van der Waals surface area contributed by atoms with E-state index in [1.54, 1.807) is 39.4 Å². The molecule has 0 saturated carbocycles. The SMILES string of the molecule is C=N/C(C)=C(\N=C(C)c1ccc(C(=O)N(C)C)cc1)c1nnc(C2C=CN=C(C)C2)o1. The van der Waals surface area contributed by atoms with Crippen LogP contribution in [-0.2, 0) is 0 Å². The van der Waals surface area contributed by atoms with Crippen LogP contribution in [0.2, 0.25) is 0 Å². The smallest absolute Gasteiger partial charge is 0.268 e. The van der Waals surface area contributed by atoms with Crippen LogP contribution in [0.5, 0.6) is 0 Å². The van der Waals surface area contributed by atoms with Gasteiger partial charge in [-0.25, -0.2) is 4.99 Å². The molecule has 1 amide bonds. The molecule has 31 heavy (non-hydrogen) atoms. The molecule has 0 bridgehead atoms. The Kier molecular flexibility index (Phi) is 6.69. The van der Waals surface area contributed by atoms with Gasteiger partial charge in [0, 0.05) is 43.7 Å². The van der Waals surface area contributed by atoms with Crippen molar-refractivity contribution in [2.24, 2.45) is 15.0 Å². The first-order valence-corrected chi connectivity index (χ1v) is 9.88. The molecule has 0 aliphatic carbocycles. The Labute approximate surface area is 181 Å². The number of hydrogen-bond acceptors (Lipinski definition) is 7. The van der Waals surface area contributed by atoms with Crippen LogP contribution >= 0.6 is 0 Å². The van der Waals surface area contributed by atoms with E-state index >= 15 is 0 Å². The lowest BCUT2D eigenvalue weighted by atomic mass is 10.0. The average molecular weight is 419 g/mol. The lowest BCUT2D eigenvalue weighted by molar-refractivity contribution is 0.0827. The largest absolute Gasteiger partial charge is 0.419 e. The number of carbonyl (C=O) groups excluding carboxylic acids is 1. The van der Waals surface area contributed by atoms with E-state index in [0.29, 0.717) is 22.8 Å². The van der Waals surface area contributed by atoms with Gasteiger partial charge in [-0.2, -0.15) is 0 Å². The maximum Gasteiger partial charge on any atom is 0.268 e. The standard InChI is InChI=1S/C23H26N6O2/c1-14-13-19(11-12-25-14)21-27-28-22(31-21)20(16(3)24-4)26-15(2)17-7-9-18(10-8-17)23(30)29(5)6/h7-12,19H,4,13H2,1-3,5-6H3/b20-16-,26-15?. The first-order chi connectivity index (χ1) is 14.8. The molecule has 1 aliphatic rings. The molecule has 1 atom stereocenters. The van der Waals surface area contributed by atoms with Crippen LogP contribution in [0.3, 0.4) is 0 Å². The number of rotatable bonds is 6. The van der Waals surface area contributed by atoms with Gasteiger partial charge in [-0.1, -0.05) is 18.2 Å². The lowest BCUT2D eigenvalue weighted by Crippen LogP contribution is -2.21. The predicted octanol–water partition coefficient (Wildman–Crippen LogP) is 4.13. The third-order valence-corrected chi connectivity index (χ3v) is 4.90. The molecule has 160 valence electrons. The van der Waals surface area contributed by atoms with E-state index in [4.69, 9.17) is 9.41 Å². The molecular formula is C23H26N6O2. The number of aromatic nitrogens is 2. The van der Waals surface area contributed by atoms with E-state index in [2.05, 4.69) is 26.9 Å². The maximum absolute atomic E-state index is 12.1. The molecule has 0 saturated heterocycles. The lowest BCUT2D eigenvalue weighted by Gasteiger charge is -2.11. The second-order valence-corrected chi connectivity index (χ2v) is 7.53. The first kappa shape index (κ1) is 22.0. The summed E-state index contributed by atoms with van der Waals surface area (Å²) in [6.45, 7) is 9.24. The zero-order chi connectivity index (χ0) is 22.5. The average Bonchev–Trinajstić information content (AvgIpc) is 3.26. The van der Waals surface area contributed by atoms with E-state index in [1.807, 2.05) is 32.1 Å². The summed E-state index contributed by atoms with van der Waals surface area (Å²) in [4.78, 5) is 26.6. The summed E-state index contributed by atoms with van der Waals surface area (Å²) in [7, 11) is 3.45. The summed E-state index contributed by atoms with van der Waals surface area (Å²) in [5, 5.41) is 8.40. The van der Waals surface area contributed by atoms with Crippen molar-refractivity contribution in [3.05, 3.63) is 65.1 Å². The molecule has 8 heteroatoms. The number of carbonyl (C=O) groups is 1. The van der Waals surface area contributed by atoms with Crippen molar-refractivity contribution in [3.8, 4) is 0 Å². The minimum Gasteiger partial charge on any atom is -0.419 e. The third-order valence-electron chi connectivity index (χ3n) is 4.90. The van der Waals surface area contributed by atoms with Crippen molar-refractivity contribution < 1.29 is 9.21 Å². The summed E-state index contributed by atoms with van der Waals surface area (Å²) in [5.74, 6) is 0.731. The maximum atomic E-state index is 12.1. The monoisotopic (exact) mass is 418 g/mol. The highest BCUT2D eigenvalue weighted by atomic mass is 16.4. The number of nitrogens with zero attached hydrogens (tertiary/aromatic N) is 6. The number of allylic oxidation sites excluding steroid dienone is 2. The fourth-order valence-electron chi connectivity index (χ4n) is 3.07. The van der Waals surface area contributed by atoms with Crippen LogP contribution in [0.25, 0.3) is 5.70 Å². The van der Waals surface area contributed by atoms with Crippen LogP contribution in [0.15, 0.2) is 61.6 Å². The Morgan fingerprint density at radius 3 is 2.45 bits per heavy atom. The van der Waals surface area contributed by atoms with Gasteiger partial charge in [0.15, 0.2) is 0 Å². The molecule has 2 heterocycles. The Morgan fingerprint density at radius 1 is 1.16 bits per heavy atom. The summed E-state index contributed by atoms with van der Waals surface area (Å²) in [6.07, 6.45) is 4.43. The van der Waals surface area contributed by atoms with Crippen LogP contribution in [0.1, 0.15) is 60.8 Å². The Hall–Kier alpha value is -3.68. The van der Waals surface area contributed by atoms with Crippen molar-refractivity contribution in [2.45, 2.75) is 33.1 Å². The topological polar surface area (TPSA) is 96.3 Å². The highest BCUT2D eigenvalue weighted by Crippen LogP contribution is 2.27. The molecule has 1 aliphatic heterocycles. The molecule has 0 fully saturated rings. The van der Waals surface area contributed by atoms with Gasteiger partial charge < -0.3 is 9.32 Å². The van der Waals surface area contributed by atoms with Crippen molar-refractivity contribution in [1.29, 1.82) is 0 Å². The molecule has 3 rings (SSSR count). The summed E-state index contributed by atoms with van der Waals surface area (Å²) in [6, 6.07) is 7.28. The van der Waals surface area contributed by atoms with Crippen LogP contribution in [0.4, 0.5) is 0 Å². The highest BCUT2D eigenvalue weighted by molar-refractivity contribution is 6.02. The van der Waals surface area contributed by atoms with E-state index in [1.165, 1.54) is 4.90 Å². The summed E-state index contributed by atoms with van der Waals surface area (Å²) >= 11 is 0. The molecule has 8 nitrogen and oxygen atoms in total. The van der Waals surface area contributed by atoms with E-state index in [-0.39, 0.29) is 17.7 Å². The van der Waals surface area contributed by atoms with Crippen molar-refractivity contribution in [3.63, 3.8) is 0 Å². The molecule has 1 aromatic heterocycles. The Morgan fingerprint density at radius 2 is 1.84 bits per heavy atom. The quantitative estimate of drug-likeness (QED) is 0.659. The molecule has 2 aromatic rings. The molecule has 0 radical (unpaired) electrons. The minimum atomic E-state index is -0.0520. The molecule has 1 aromatic carbocycles. The summed E-state index contributed by atoms with van der Waals surface area (Å²) < 4.78 is 5.94. The van der Waals surface area contributed by atoms with Crippen LogP contribution in [0, 0.1) is 0 Å². The van der Waals surface area contributed by atoms with Crippen LogP contribution in [-0.4, -0.2) is 53.2 Å². The van der Waals surface area contributed by atoms with Gasteiger partial charge in [0.2, 0.25) is 5.89 Å². The van der Waals surface area contributed by atoms with Crippen molar-refractivity contribution in [2.75, 3.05) is 14.1 Å². The summed E-state index contributed by atoms with van der Waals surface area (Å²) in [5.41, 5.74) is 4.25. The van der Waals surface area contributed by atoms with E-state index < -0.39 is 0 Å². The molecule has 1 unspecified atom stereocenters. The van der Waals surface area contributed by atoms with Gasteiger partial charge in [0.25, 0.3) is 11.8 Å². The van der Waals surface area contributed by atoms with Gasteiger partial charge in [0.1, 0.15) is 5.70 Å². The first-order valence-electron chi connectivity index (χ1n) is 9.88. The van der Waals surface area contributed by atoms with Gasteiger partial charge in [-0.15, -0.1) is 10.2 Å². The fourth-order valence-corrected chi connectivity index (χ4v) is 3.07. The van der Waals surface area contributed by atoms with Gasteiger partial charge >= 0.3 is 0 Å². The number of aliphatic imine (C=N–C) groups is 3. The fraction of sp³-hybridized carbons (Fsp3) is 0.304. The van der Waals surface area contributed by atoms with Crippen molar-refractivity contribution >= 4 is 29.7 Å². The number of hydrogen-bond donors (Lipinski definition) is 0. The highest BCUT2D eigenvalue weighted by Gasteiger charge is 2.21. The molecular weight excluding hydrogens is 392 g/mol. The third kappa shape index (κ3) is 5.09. The second-order valence-electron chi connectivity index (χ2n) is 7.53. The van der Waals surface area contributed by atoms with E-state index in [9.17, 15) is 4.79 Å². The minimum absolute atomic E-state index is 0.0103. The van der Waals surface area contributed by atoms with E-state index in [0.717, 1.165) is 23.4 Å². The zero-order valence-electron chi connectivity index (χ0n) is 18.5. The number of amides is 1. The second kappa shape index (κ2) is 9.42. The van der Waals surface area contributed by atoms with Crippen molar-refractivity contribution in [1.82, 2.24) is 15.1 Å². The zero-order valence-corrected chi connectivity index (χ0v) is 18.5. The normalized spacial score (nSPS) is 17.1. The number of benzene rings is 1. The Balaban J connectivity index is 1.90. The Bertz CT molecular complexity index is 1100. The molecule has 0 N–H and O–H groups in total. The van der Waals surface area contributed by atoms with Gasteiger partial charge in [-0.3, -0.25) is 14.8 Å².